The number of aliphatic hydroxyl groups excluding tert-OH is 1. The number of aromatic hydroxyl groups is 1. The van der Waals surface area contributed by atoms with Crippen LogP contribution in [0.2, 0.25) is 0 Å². The lowest BCUT2D eigenvalue weighted by Crippen LogP contribution is -2.29. The van der Waals surface area contributed by atoms with Crippen molar-refractivity contribution in [3.8, 4) is 11.5 Å². The van der Waals surface area contributed by atoms with Crippen molar-refractivity contribution in [2.45, 2.75) is 32.2 Å². The van der Waals surface area contributed by atoms with E-state index < -0.39 is 17.7 Å². The monoisotopic (exact) mass is 447 g/mol. The van der Waals surface area contributed by atoms with E-state index in [0.29, 0.717) is 17.9 Å². The van der Waals surface area contributed by atoms with Gasteiger partial charge in [-0.25, -0.2) is 0 Å². The van der Waals surface area contributed by atoms with Crippen LogP contribution in [0.25, 0.3) is 5.76 Å². The van der Waals surface area contributed by atoms with E-state index >= 15 is 0 Å². The number of unbranched alkanes of at least 4 members (excludes halogenated alkanes) is 2. The molecule has 1 fully saturated rings. The van der Waals surface area contributed by atoms with Crippen LogP contribution in [0.3, 0.4) is 0 Å². The molecule has 0 saturated carbocycles. The van der Waals surface area contributed by atoms with Crippen molar-refractivity contribution in [1.82, 2.24) is 0 Å². The first-order valence-corrected chi connectivity index (χ1v) is 10.9. The zero-order valence-electron chi connectivity index (χ0n) is 18.2. The SMILES string of the molecule is CCCCCOc1ccc(/C(O)=C2/C(=O)C(=O)N(c3ccccc3O)C2c2ccco2)cc1. The van der Waals surface area contributed by atoms with Gasteiger partial charge >= 0.3 is 0 Å². The minimum Gasteiger partial charge on any atom is -0.507 e. The van der Waals surface area contributed by atoms with Gasteiger partial charge < -0.3 is 19.4 Å². The van der Waals surface area contributed by atoms with Crippen LogP contribution in [0.4, 0.5) is 5.69 Å². The molecular formula is C26H25NO6. The number of hydrogen-bond donors (Lipinski definition) is 2. The zero-order chi connectivity index (χ0) is 23.4. The van der Waals surface area contributed by atoms with Crippen LogP contribution in [0, 0.1) is 0 Å². The molecule has 33 heavy (non-hydrogen) atoms. The summed E-state index contributed by atoms with van der Waals surface area (Å²) in [7, 11) is 0. The number of hydrogen-bond acceptors (Lipinski definition) is 6. The standard InChI is InChI=1S/C26H25NO6/c1-2-3-6-15-32-18-13-11-17(12-14-18)24(29)22-23(21-10-7-16-33-21)27(26(31)25(22)30)19-8-4-5-9-20(19)28/h4-5,7-14,16,23,28-29H,2-3,6,15H2,1H3/b24-22-. The first-order chi connectivity index (χ1) is 16.0. The quantitative estimate of drug-likeness (QED) is 0.214. The Kier molecular flexibility index (Phi) is 6.49. The number of rotatable bonds is 8. The molecule has 1 aromatic heterocycles. The van der Waals surface area contributed by atoms with Crippen LogP contribution in [0.1, 0.15) is 43.6 Å². The van der Waals surface area contributed by atoms with Gasteiger partial charge in [-0.3, -0.25) is 14.5 Å². The maximum Gasteiger partial charge on any atom is 0.300 e. The van der Waals surface area contributed by atoms with Gasteiger partial charge in [-0.2, -0.15) is 0 Å². The Morgan fingerprint density at radius 2 is 1.79 bits per heavy atom. The second-order valence-corrected chi connectivity index (χ2v) is 7.75. The maximum absolute atomic E-state index is 13.0. The molecule has 7 nitrogen and oxygen atoms in total. The van der Waals surface area contributed by atoms with Crippen LogP contribution >= 0.6 is 0 Å². The molecule has 1 aliphatic rings. The summed E-state index contributed by atoms with van der Waals surface area (Å²) in [6.45, 7) is 2.72. The molecule has 0 aliphatic carbocycles. The number of Topliss-reactive ketones (excluding diaryl/α,β-unsaturated/α-hetero) is 1. The number of anilines is 1. The van der Waals surface area contributed by atoms with E-state index in [1.165, 1.54) is 18.4 Å². The number of para-hydroxylation sites is 2. The fraction of sp³-hybridized carbons (Fsp3) is 0.231. The van der Waals surface area contributed by atoms with Crippen molar-refractivity contribution in [3.63, 3.8) is 0 Å². The van der Waals surface area contributed by atoms with E-state index in [1.807, 2.05) is 0 Å². The Hall–Kier alpha value is -4.00. The average Bonchev–Trinajstić information content (AvgIpc) is 3.44. The van der Waals surface area contributed by atoms with Gasteiger partial charge in [0.25, 0.3) is 11.7 Å². The Morgan fingerprint density at radius 3 is 2.45 bits per heavy atom. The summed E-state index contributed by atoms with van der Waals surface area (Å²) in [4.78, 5) is 27.2. The van der Waals surface area contributed by atoms with Gasteiger partial charge in [-0.1, -0.05) is 31.9 Å². The molecule has 2 aromatic carbocycles. The molecular weight excluding hydrogens is 422 g/mol. The molecule has 3 aromatic rings. The first kappa shape index (κ1) is 22.2. The van der Waals surface area contributed by atoms with E-state index in [9.17, 15) is 19.8 Å². The fourth-order valence-corrected chi connectivity index (χ4v) is 3.87. The number of ether oxygens (including phenoxy) is 1. The molecule has 170 valence electrons. The van der Waals surface area contributed by atoms with Gasteiger partial charge in [0.2, 0.25) is 0 Å². The summed E-state index contributed by atoms with van der Waals surface area (Å²) in [5.41, 5.74) is 0.397. The predicted octanol–water partition coefficient (Wildman–Crippen LogP) is 5.18. The molecule has 1 unspecified atom stereocenters. The van der Waals surface area contributed by atoms with Crippen molar-refractivity contribution >= 4 is 23.1 Å². The van der Waals surface area contributed by atoms with Gasteiger partial charge in [0, 0.05) is 5.56 Å². The van der Waals surface area contributed by atoms with E-state index in [0.717, 1.165) is 24.2 Å². The molecule has 7 heteroatoms. The third kappa shape index (κ3) is 4.35. The van der Waals surface area contributed by atoms with Crippen molar-refractivity contribution in [2.75, 3.05) is 11.5 Å². The van der Waals surface area contributed by atoms with Gasteiger partial charge in [0.1, 0.15) is 29.1 Å². The molecule has 0 bridgehead atoms. The number of carbonyl (C=O) groups excluding carboxylic acids is 2. The first-order valence-electron chi connectivity index (χ1n) is 10.9. The van der Waals surface area contributed by atoms with Crippen LogP contribution < -0.4 is 9.64 Å². The molecule has 0 spiro atoms. The van der Waals surface area contributed by atoms with E-state index in [2.05, 4.69) is 6.92 Å². The van der Waals surface area contributed by atoms with Gasteiger partial charge in [0.15, 0.2) is 0 Å². The highest BCUT2D eigenvalue weighted by Crippen LogP contribution is 2.44. The zero-order valence-corrected chi connectivity index (χ0v) is 18.2. The number of phenolic OH excluding ortho intramolecular Hbond substituents is 1. The fourth-order valence-electron chi connectivity index (χ4n) is 3.87. The smallest absolute Gasteiger partial charge is 0.300 e. The molecule has 1 saturated heterocycles. The highest BCUT2D eigenvalue weighted by atomic mass is 16.5. The number of phenols is 1. The van der Waals surface area contributed by atoms with E-state index in [1.54, 1.807) is 48.5 Å². The van der Waals surface area contributed by atoms with Crippen LogP contribution in [-0.2, 0) is 9.59 Å². The maximum atomic E-state index is 13.0. The number of carbonyl (C=O) groups is 2. The summed E-state index contributed by atoms with van der Waals surface area (Å²) < 4.78 is 11.2. The number of aliphatic hydroxyl groups is 1. The third-order valence-electron chi connectivity index (χ3n) is 5.54. The van der Waals surface area contributed by atoms with Crippen molar-refractivity contribution in [1.29, 1.82) is 0 Å². The highest BCUT2D eigenvalue weighted by molar-refractivity contribution is 6.51. The Labute approximate surface area is 191 Å². The Morgan fingerprint density at radius 1 is 1.03 bits per heavy atom. The van der Waals surface area contributed by atoms with E-state index in [-0.39, 0.29) is 28.5 Å². The lowest BCUT2D eigenvalue weighted by atomic mass is 9.99. The Bertz CT molecular complexity index is 1160. The molecule has 1 amide bonds. The van der Waals surface area contributed by atoms with Crippen LogP contribution in [-0.4, -0.2) is 28.5 Å². The van der Waals surface area contributed by atoms with Crippen LogP contribution in [0.15, 0.2) is 76.9 Å². The highest BCUT2D eigenvalue weighted by Gasteiger charge is 2.49. The summed E-state index contributed by atoms with van der Waals surface area (Å²) in [6.07, 6.45) is 4.57. The minimum atomic E-state index is -1.03. The molecule has 1 aliphatic heterocycles. The van der Waals surface area contributed by atoms with Crippen LogP contribution in [0.5, 0.6) is 11.5 Å². The van der Waals surface area contributed by atoms with Crippen molar-refractivity contribution < 1.29 is 29.0 Å². The third-order valence-corrected chi connectivity index (χ3v) is 5.54. The average molecular weight is 447 g/mol. The normalized spacial score (nSPS) is 17.5. The molecule has 2 heterocycles. The van der Waals surface area contributed by atoms with Gasteiger partial charge in [-0.05, 0) is 55.0 Å². The van der Waals surface area contributed by atoms with Crippen molar-refractivity contribution in [2.24, 2.45) is 0 Å². The number of ketones is 1. The molecule has 0 radical (unpaired) electrons. The second-order valence-electron chi connectivity index (χ2n) is 7.75. The number of benzene rings is 2. The number of furan rings is 1. The lowest BCUT2D eigenvalue weighted by molar-refractivity contribution is -0.132. The summed E-state index contributed by atoms with van der Waals surface area (Å²) in [5.74, 6) is -1.28. The largest absolute Gasteiger partial charge is 0.507 e. The molecule has 2 N–H and O–H groups in total. The molecule has 4 rings (SSSR count). The summed E-state index contributed by atoms with van der Waals surface area (Å²) >= 11 is 0. The van der Waals surface area contributed by atoms with Crippen molar-refractivity contribution in [3.05, 3.63) is 83.8 Å². The lowest BCUT2D eigenvalue weighted by Gasteiger charge is -2.24. The summed E-state index contributed by atoms with van der Waals surface area (Å²) in [6, 6.07) is 15.1. The van der Waals surface area contributed by atoms with E-state index in [4.69, 9.17) is 9.15 Å². The minimum absolute atomic E-state index is 0.116. The summed E-state index contributed by atoms with van der Waals surface area (Å²) in [5, 5.41) is 21.4. The van der Waals surface area contributed by atoms with Gasteiger partial charge in [-0.15, -0.1) is 0 Å². The topological polar surface area (TPSA) is 100 Å². The second kappa shape index (κ2) is 9.65. The number of nitrogens with zero attached hydrogens (tertiary/aromatic N) is 1. The molecule has 1 atom stereocenters. The predicted molar refractivity (Wildman–Crippen MR) is 123 cm³/mol. The Balaban J connectivity index is 1.72. The van der Waals surface area contributed by atoms with Gasteiger partial charge in [0.05, 0.1) is 24.1 Å². The number of amides is 1.